The van der Waals surface area contributed by atoms with Gasteiger partial charge in [-0.15, -0.1) is 11.3 Å². The summed E-state index contributed by atoms with van der Waals surface area (Å²) in [4.78, 5) is 30.5. The molecule has 1 aliphatic rings. The van der Waals surface area contributed by atoms with E-state index < -0.39 is 29.3 Å². The Labute approximate surface area is 230 Å². The maximum atomic E-state index is 13.6. The number of hydrogen-bond donors (Lipinski definition) is 1. The van der Waals surface area contributed by atoms with Crippen LogP contribution in [0.25, 0.3) is 11.3 Å². The molecule has 8 nitrogen and oxygen atoms in total. The number of carboxylic acid groups (broad SMARTS) is 1. The minimum Gasteiger partial charge on any atom is -0.486 e. The van der Waals surface area contributed by atoms with Gasteiger partial charge >= 0.3 is 12.1 Å². The van der Waals surface area contributed by atoms with Crippen LogP contribution in [0.15, 0.2) is 36.5 Å². The number of carbonyl (C=O) groups is 2. The number of halogens is 2. The number of benzene rings is 1. The van der Waals surface area contributed by atoms with E-state index in [1.54, 1.807) is 33.8 Å². The largest absolute Gasteiger partial charge is 0.486 e. The normalized spacial score (nSPS) is 13.2. The first-order valence-electron chi connectivity index (χ1n) is 12.4. The molecule has 1 amide bonds. The molecule has 1 N–H and O–H groups in total. The van der Waals surface area contributed by atoms with Gasteiger partial charge in [0.1, 0.15) is 52.0 Å². The number of hydrogen-bond acceptors (Lipinski definition) is 7. The summed E-state index contributed by atoms with van der Waals surface area (Å²) in [6.45, 7) is 11.7. The van der Waals surface area contributed by atoms with Crippen LogP contribution in [0, 0.1) is 18.6 Å². The molecule has 1 saturated heterocycles. The van der Waals surface area contributed by atoms with E-state index >= 15 is 0 Å². The number of aryl methyl sites for hydroxylation is 1. The molecule has 3 heterocycles. The van der Waals surface area contributed by atoms with Crippen LogP contribution in [0.2, 0.25) is 0 Å². The van der Waals surface area contributed by atoms with Crippen molar-refractivity contribution in [1.29, 1.82) is 0 Å². The number of carboxylic acids is 1. The Morgan fingerprint density at radius 3 is 2.31 bits per heavy atom. The van der Waals surface area contributed by atoms with Crippen LogP contribution in [0.4, 0.5) is 13.6 Å². The highest BCUT2D eigenvalue weighted by Crippen LogP contribution is 2.38. The lowest BCUT2D eigenvalue weighted by atomic mass is 10.1. The Balaban J connectivity index is 0.00000205. The molecule has 0 radical (unpaired) electrons. The number of aromatic nitrogens is 1. The maximum absolute atomic E-state index is 13.6. The Morgan fingerprint density at radius 2 is 1.74 bits per heavy atom. The maximum Gasteiger partial charge on any atom is 0.410 e. The van der Waals surface area contributed by atoms with Crippen LogP contribution >= 0.6 is 11.3 Å². The van der Waals surface area contributed by atoms with Gasteiger partial charge in [-0.1, -0.05) is 13.8 Å². The van der Waals surface area contributed by atoms with Gasteiger partial charge in [0.2, 0.25) is 0 Å². The number of carbonyl (C=O) groups excluding carboxylic acids is 1. The quantitative estimate of drug-likeness (QED) is 0.342. The lowest BCUT2D eigenvalue weighted by molar-refractivity contribution is -0.0222. The number of nitrogens with zero attached hydrogens (tertiary/aromatic N) is 2. The molecule has 3 aromatic rings. The highest BCUT2D eigenvalue weighted by Gasteiger charge is 2.35. The molecule has 2 aromatic heterocycles. The molecule has 0 spiro atoms. The number of aromatic carboxylic acids is 1. The van der Waals surface area contributed by atoms with Gasteiger partial charge in [-0.3, -0.25) is 0 Å². The van der Waals surface area contributed by atoms with E-state index in [2.05, 4.69) is 4.98 Å². The van der Waals surface area contributed by atoms with Crippen LogP contribution in [-0.4, -0.2) is 51.8 Å². The van der Waals surface area contributed by atoms with E-state index in [9.17, 15) is 23.5 Å². The van der Waals surface area contributed by atoms with Crippen LogP contribution in [0.5, 0.6) is 11.5 Å². The molecular formula is C28H32F2N2O6S. The predicted molar refractivity (Wildman–Crippen MR) is 144 cm³/mol. The summed E-state index contributed by atoms with van der Waals surface area (Å²) in [5, 5.41) is 9.37. The van der Waals surface area contributed by atoms with Gasteiger partial charge < -0.3 is 24.2 Å². The second-order valence-electron chi connectivity index (χ2n) is 9.59. The van der Waals surface area contributed by atoms with Gasteiger partial charge in [0.25, 0.3) is 0 Å². The second-order valence-corrected chi connectivity index (χ2v) is 10.9. The average molecular weight is 563 g/mol. The summed E-state index contributed by atoms with van der Waals surface area (Å²) in [6.07, 6.45) is 0.777. The third kappa shape index (κ3) is 7.89. The monoisotopic (exact) mass is 562 g/mol. The van der Waals surface area contributed by atoms with Gasteiger partial charge in [0.15, 0.2) is 0 Å². The number of likely N-dealkylation sites (tertiary alicyclic amines) is 1. The lowest BCUT2D eigenvalue weighted by Gasteiger charge is -2.39. The third-order valence-corrected chi connectivity index (χ3v) is 6.37. The number of amides is 1. The van der Waals surface area contributed by atoms with E-state index in [1.807, 2.05) is 13.8 Å². The minimum atomic E-state index is -1.06. The Kier molecular flexibility index (Phi) is 9.49. The van der Waals surface area contributed by atoms with Gasteiger partial charge in [0, 0.05) is 22.6 Å². The Morgan fingerprint density at radius 1 is 1.10 bits per heavy atom. The van der Waals surface area contributed by atoms with Crippen molar-refractivity contribution in [1.82, 2.24) is 9.88 Å². The average Bonchev–Trinajstić information content (AvgIpc) is 3.21. The van der Waals surface area contributed by atoms with Crippen LogP contribution in [0.1, 0.15) is 54.7 Å². The molecule has 210 valence electrons. The van der Waals surface area contributed by atoms with E-state index in [0.29, 0.717) is 35.0 Å². The van der Waals surface area contributed by atoms with Gasteiger partial charge in [0.05, 0.1) is 19.3 Å². The highest BCUT2D eigenvalue weighted by molar-refractivity contribution is 7.14. The molecule has 39 heavy (non-hydrogen) atoms. The first-order valence-corrected chi connectivity index (χ1v) is 13.3. The SMILES string of the molecule is CC.Cc1sc(C(=O)O)cc1-c1ncc(OC2CN(C(=O)OC(C)(C)C)C2)cc1OCc1cc(F)cc(F)c1. The van der Waals surface area contributed by atoms with E-state index in [4.69, 9.17) is 14.2 Å². The molecule has 1 fully saturated rings. The van der Waals surface area contributed by atoms with Gasteiger partial charge in [-0.25, -0.2) is 23.4 Å². The first-order chi connectivity index (χ1) is 18.4. The van der Waals surface area contributed by atoms with Gasteiger partial charge in [-0.05, 0) is 51.5 Å². The molecule has 0 unspecified atom stereocenters. The summed E-state index contributed by atoms with van der Waals surface area (Å²) >= 11 is 1.10. The molecule has 11 heteroatoms. The molecule has 4 rings (SSSR count). The highest BCUT2D eigenvalue weighted by atomic mass is 32.1. The molecular weight excluding hydrogens is 530 g/mol. The standard InChI is InChI=1S/C26H26F2N2O6S.C2H6/c1-14-20(9-22(37-14)24(31)32)23-21(34-13-15-5-16(27)7-17(28)6-15)8-18(10-29-23)35-19-11-30(12-19)25(33)36-26(2,3)4;1-2/h5-10,19H,11-13H2,1-4H3,(H,31,32);1-2H3. The zero-order valence-electron chi connectivity index (χ0n) is 22.7. The molecule has 0 saturated carbocycles. The molecule has 0 aliphatic carbocycles. The zero-order chi connectivity index (χ0) is 28.9. The van der Waals surface area contributed by atoms with E-state index in [1.165, 1.54) is 17.2 Å². The first kappa shape index (κ1) is 29.8. The fourth-order valence-corrected chi connectivity index (χ4v) is 4.52. The Hall–Kier alpha value is -3.73. The summed E-state index contributed by atoms with van der Waals surface area (Å²) in [7, 11) is 0. The topological polar surface area (TPSA) is 98.2 Å². The minimum absolute atomic E-state index is 0.143. The van der Waals surface area contributed by atoms with Crippen molar-refractivity contribution in [2.75, 3.05) is 13.1 Å². The zero-order valence-corrected chi connectivity index (χ0v) is 23.5. The smallest absolute Gasteiger partial charge is 0.410 e. The second kappa shape index (κ2) is 12.4. The van der Waals surface area contributed by atoms with Crippen LogP contribution in [0.3, 0.4) is 0 Å². The molecule has 0 bridgehead atoms. The van der Waals surface area contributed by atoms with Crippen molar-refractivity contribution in [3.63, 3.8) is 0 Å². The lowest BCUT2D eigenvalue weighted by Crippen LogP contribution is -2.57. The summed E-state index contributed by atoms with van der Waals surface area (Å²) in [5.74, 6) is -1.90. The number of rotatable bonds is 7. The number of thiophene rings is 1. The van der Waals surface area contributed by atoms with Crippen molar-refractivity contribution in [2.45, 2.75) is 59.9 Å². The van der Waals surface area contributed by atoms with Crippen molar-refractivity contribution in [3.05, 3.63) is 63.5 Å². The van der Waals surface area contributed by atoms with Crippen molar-refractivity contribution < 1.29 is 37.7 Å². The van der Waals surface area contributed by atoms with Crippen molar-refractivity contribution >= 4 is 23.4 Å². The summed E-state index contributed by atoms with van der Waals surface area (Å²) in [6, 6.07) is 6.19. The van der Waals surface area contributed by atoms with Gasteiger partial charge in [-0.2, -0.15) is 0 Å². The molecule has 1 aliphatic heterocycles. The van der Waals surface area contributed by atoms with E-state index in [-0.39, 0.29) is 28.9 Å². The third-order valence-electron chi connectivity index (χ3n) is 5.33. The molecule has 1 aromatic carbocycles. The fourth-order valence-electron chi connectivity index (χ4n) is 3.66. The summed E-state index contributed by atoms with van der Waals surface area (Å²) < 4.78 is 44.5. The Bertz CT molecular complexity index is 1310. The van der Waals surface area contributed by atoms with E-state index in [0.717, 1.165) is 29.5 Å². The van der Waals surface area contributed by atoms with Crippen molar-refractivity contribution in [2.24, 2.45) is 0 Å². The number of ether oxygens (including phenoxy) is 3. The van der Waals surface area contributed by atoms with Crippen molar-refractivity contribution in [3.8, 4) is 22.8 Å². The van der Waals surface area contributed by atoms with Crippen LogP contribution < -0.4 is 9.47 Å². The number of pyridine rings is 1. The predicted octanol–water partition coefficient (Wildman–Crippen LogP) is 6.70. The van der Waals surface area contributed by atoms with Crippen LogP contribution in [-0.2, 0) is 11.3 Å². The summed E-state index contributed by atoms with van der Waals surface area (Å²) in [5.41, 5.74) is 0.610. The molecule has 0 atom stereocenters. The fraction of sp³-hybridized carbons (Fsp3) is 0.393.